The minimum absolute atomic E-state index is 0.0901. The van der Waals surface area contributed by atoms with Crippen molar-refractivity contribution >= 4 is 11.6 Å². The van der Waals surface area contributed by atoms with E-state index in [0.29, 0.717) is 5.56 Å². The highest BCUT2D eigenvalue weighted by Gasteiger charge is 2.20. The SMILES string of the molecule is O=C(Nc1ccccc1)c1ccc(C[NH2+][C@@H](c2ccccc2)c2ccco2)cc1. The molecule has 29 heavy (non-hydrogen) atoms. The Morgan fingerprint density at radius 1 is 0.828 bits per heavy atom. The Bertz CT molecular complexity index is 1030. The van der Waals surface area contributed by atoms with Crippen LogP contribution in [0, 0.1) is 0 Å². The second-order valence-corrected chi connectivity index (χ2v) is 6.86. The number of quaternary nitrogens is 1. The first-order chi connectivity index (χ1) is 14.3. The average molecular weight is 383 g/mol. The number of benzene rings is 3. The van der Waals surface area contributed by atoms with Gasteiger partial charge in [-0.15, -0.1) is 0 Å². The second kappa shape index (κ2) is 9.04. The van der Waals surface area contributed by atoms with E-state index >= 15 is 0 Å². The Morgan fingerprint density at radius 2 is 1.52 bits per heavy atom. The number of carbonyl (C=O) groups excluding carboxylic acids is 1. The Morgan fingerprint density at radius 3 is 2.17 bits per heavy atom. The molecule has 0 spiro atoms. The molecule has 0 aliphatic carbocycles. The lowest BCUT2D eigenvalue weighted by molar-refractivity contribution is -0.704. The van der Waals surface area contributed by atoms with E-state index in [-0.39, 0.29) is 11.9 Å². The van der Waals surface area contributed by atoms with Gasteiger partial charge < -0.3 is 15.1 Å². The van der Waals surface area contributed by atoms with Crippen molar-refractivity contribution in [3.63, 3.8) is 0 Å². The smallest absolute Gasteiger partial charge is 0.255 e. The zero-order valence-corrected chi connectivity index (χ0v) is 16.0. The topological polar surface area (TPSA) is 58.9 Å². The van der Waals surface area contributed by atoms with Crippen molar-refractivity contribution in [2.45, 2.75) is 12.6 Å². The number of furan rings is 1. The molecule has 4 nitrogen and oxygen atoms in total. The number of carbonyl (C=O) groups is 1. The Balaban J connectivity index is 1.42. The Kier molecular flexibility index (Phi) is 5.84. The minimum Gasteiger partial charge on any atom is -0.463 e. The van der Waals surface area contributed by atoms with Gasteiger partial charge in [0.25, 0.3) is 5.91 Å². The number of para-hydroxylation sites is 1. The highest BCUT2D eigenvalue weighted by atomic mass is 16.3. The van der Waals surface area contributed by atoms with E-state index in [0.717, 1.165) is 23.6 Å². The molecule has 0 aliphatic rings. The first kappa shape index (κ1) is 18.7. The number of amides is 1. The summed E-state index contributed by atoms with van der Waals surface area (Å²) in [5, 5.41) is 5.15. The fourth-order valence-corrected chi connectivity index (χ4v) is 3.32. The summed E-state index contributed by atoms with van der Waals surface area (Å²) in [5.41, 5.74) is 3.78. The van der Waals surface area contributed by atoms with E-state index in [1.807, 2.05) is 84.9 Å². The number of hydrogen-bond acceptors (Lipinski definition) is 2. The van der Waals surface area contributed by atoms with Gasteiger partial charge in [0, 0.05) is 22.4 Å². The molecule has 1 aromatic heterocycles. The summed E-state index contributed by atoms with van der Waals surface area (Å²) in [6, 6.07) is 31.5. The first-order valence-electron chi connectivity index (χ1n) is 9.66. The van der Waals surface area contributed by atoms with E-state index < -0.39 is 0 Å². The number of rotatable bonds is 7. The van der Waals surface area contributed by atoms with E-state index in [9.17, 15) is 4.79 Å². The van der Waals surface area contributed by atoms with Crippen LogP contribution in [0.4, 0.5) is 5.69 Å². The molecule has 0 radical (unpaired) electrons. The number of nitrogens with one attached hydrogen (secondary N) is 1. The molecule has 1 atom stereocenters. The standard InChI is InChI=1S/C25H22N2O2/c28-25(27-22-10-5-2-6-11-22)21-15-13-19(14-16-21)18-26-24(23-12-7-17-29-23)20-8-3-1-4-9-20/h1-17,24,26H,18H2,(H,27,28)/p+1/t24-/m0/s1. The van der Waals surface area contributed by atoms with Gasteiger partial charge in [0.1, 0.15) is 6.54 Å². The Hall–Kier alpha value is -3.63. The molecular formula is C25H23N2O2+. The third-order valence-corrected chi connectivity index (χ3v) is 4.85. The van der Waals surface area contributed by atoms with Crippen LogP contribution in [0.25, 0.3) is 0 Å². The lowest BCUT2D eigenvalue weighted by Crippen LogP contribution is -2.83. The molecule has 4 heteroatoms. The molecule has 3 aromatic carbocycles. The zero-order valence-electron chi connectivity index (χ0n) is 16.0. The number of anilines is 1. The molecule has 4 aromatic rings. The third-order valence-electron chi connectivity index (χ3n) is 4.85. The van der Waals surface area contributed by atoms with Gasteiger partial charge in [-0.05, 0) is 36.4 Å². The van der Waals surface area contributed by atoms with Gasteiger partial charge in [0.15, 0.2) is 11.8 Å². The fourth-order valence-electron chi connectivity index (χ4n) is 3.32. The largest absolute Gasteiger partial charge is 0.463 e. The summed E-state index contributed by atoms with van der Waals surface area (Å²) < 4.78 is 5.66. The predicted molar refractivity (Wildman–Crippen MR) is 113 cm³/mol. The van der Waals surface area contributed by atoms with Gasteiger partial charge in [0.05, 0.1) is 6.26 Å². The molecule has 0 fully saturated rings. The van der Waals surface area contributed by atoms with Crippen LogP contribution in [0.5, 0.6) is 0 Å². The maximum atomic E-state index is 12.4. The van der Waals surface area contributed by atoms with Gasteiger partial charge in [-0.3, -0.25) is 4.79 Å². The summed E-state index contributed by atoms with van der Waals surface area (Å²) in [6.07, 6.45) is 1.71. The van der Waals surface area contributed by atoms with Crippen LogP contribution in [0.2, 0.25) is 0 Å². The molecule has 0 saturated heterocycles. The van der Waals surface area contributed by atoms with Gasteiger partial charge in [-0.1, -0.05) is 60.7 Å². The maximum Gasteiger partial charge on any atom is 0.255 e. The normalized spacial score (nSPS) is 11.7. The van der Waals surface area contributed by atoms with Crippen molar-refractivity contribution in [2.75, 3.05) is 5.32 Å². The summed E-state index contributed by atoms with van der Waals surface area (Å²) in [7, 11) is 0. The zero-order chi connectivity index (χ0) is 19.9. The molecule has 0 unspecified atom stereocenters. The van der Waals surface area contributed by atoms with E-state index in [2.05, 4.69) is 22.8 Å². The van der Waals surface area contributed by atoms with Gasteiger partial charge >= 0.3 is 0 Å². The van der Waals surface area contributed by atoms with Crippen LogP contribution in [0.15, 0.2) is 108 Å². The van der Waals surface area contributed by atoms with E-state index in [1.165, 1.54) is 5.56 Å². The number of hydrogen-bond donors (Lipinski definition) is 2. The molecular weight excluding hydrogens is 360 g/mol. The van der Waals surface area contributed by atoms with Gasteiger partial charge in [0.2, 0.25) is 0 Å². The molecule has 3 N–H and O–H groups in total. The summed E-state index contributed by atoms with van der Waals surface area (Å²) in [6.45, 7) is 0.779. The monoisotopic (exact) mass is 383 g/mol. The fraction of sp³-hybridized carbons (Fsp3) is 0.0800. The van der Waals surface area contributed by atoms with Crippen LogP contribution >= 0.6 is 0 Å². The summed E-state index contributed by atoms with van der Waals surface area (Å²) >= 11 is 0. The summed E-state index contributed by atoms with van der Waals surface area (Å²) in [5.74, 6) is 0.819. The third kappa shape index (κ3) is 4.81. The molecule has 0 aliphatic heterocycles. The van der Waals surface area contributed by atoms with Crippen molar-refractivity contribution in [1.82, 2.24) is 0 Å². The number of nitrogens with two attached hydrogens (primary N) is 1. The highest BCUT2D eigenvalue weighted by Crippen LogP contribution is 2.18. The van der Waals surface area contributed by atoms with Gasteiger partial charge in [-0.2, -0.15) is 0 Å². The molecule has 4 rings (SSSR count). The van der Waals surface area contributed by atoms with E-state index in [4.69, 9.17) is 4.42 Å². The van der Waals surface area contributed by atoms with Crippen LogP contribution in [0.1, 0.15) is 33.3 Å². The maximum absolute atomic E-state index is 12.4. The highest BCUT2D eigenvalue weighted by molar-refractivity contribution is 6.04. The average Bonchev–Trinajstić information content (AvgIpc) is 3.30. The summed E-state index contributed by atoms with van der Waals surface area (Å²) in [4.78, 5) is 12.4. The molecule has 0 saturated carbocycles. The van der Waals surface area contributed by atoms with Crippen LogP contribution in [-0.4, -0.2) is 5.91 Å². The van der Waals surface area contributed by atoms with Crippen molar-refractivity contribution in [2.24, 2.45) is 0 Å². The van der Waals surface area contributed by atoms with Crippen molar-refractivity contribution in [3.8, 4) is 0 Å². The van der Waals surface area contributed by atoms with Crippen molar-refractivity contribution < 1.29 is 14.5 Å². The molecule has 1 amide bonds. The molecule has 144 valence electrons. The minimum atomic E-state index is -0.107. The lowest BCUT2D eigenvalue weighted by atomic mass is 10.0. The van der Waals surface area contributed by atoms with E-state index in [1.54, 1.807) is 6.26 Å². The van der Waals surface area contributed by atoms with Crippen LogP contribution in [-0.2, 0) is 6.54 Å². The van der Waals surface area contributed by atoms with Crippen LogP contribution < -0.4 is 10.6 Å². The lowest BCUT2D eigenvalue weighted by Gasteiger charge is -2.14. The molecule has 0 bridgehead atoms. The first-order valence-corrected chi connectivity index (χ1v) is 9.66. The Labute approximate surface area is 170 Å². The van der Waals surface area contributed by atoms with Crippen molar-refractivity contribution in [3.05, 3.63) is 126 Å². The second-order valence-electron chi connectivity index (χ2n) is 6.86. The predicted octanol–water partition coefficient (Wildman–Crippen LogP) is 4.38. The van der Waals surface area contributed by atoms with Crippen molar-refractivity contribution in [1.29, 1.82) is 0 Å². The quantitative estimate of drug-likeness (QED) is 0.497. The van der Waals surface area contributed by atoms with Crippen LogP contribution in [0.3, 0.4) is 0 Å². The van der Waals surface area contributed by atoms with Gasteiger partial charge in [-0.25, -0.2) is 0 Å². The molecule has 1 heterocycles.